The number of carbonyl (C=O) groups is 1. The first-order valence-corrected chi connectivity index (χ1v) is 7.51. The molecule has 1 heterocycles. The van der Waals surface area contributed by atoms with E-state index in [1.165, 1.54) is 6.07 Å². The minimum Gasteiger partial charge on any atom is -1.00 e. The number of benzene rings is 2. The van der Waals surface area contributed by atoms with Crippen LogP contribution in [0.2, 0.25) is 0 Å². The maximum absolute atomic E-state index is 13.7. The molecule has 0 aliphatic heterocycles. The summed E-state index contributed by atoms with van der Waals surface area (Å²) in [6, 6.07) is 11.6. The van der Waals surface area contributed by atoms with Crippen LogP contribution in [0.4, 0.5) is 4.39 Å². The highest BCUT2D eigenvalue weighted by atomic mass is 79.9. The summed E-state index contributed by atoms with van der Waals surface area (Å²) in [5.74, 6) is -0.166. The number of carboxylic acid groups (broad SMARTS) is 1. The van der Waals surface area contributed by atoms with Crippen LogP contribution in [0.1, 0.15) is 28.7 Å². The number of aromatic carboxylic acids is 1. The van der Waals surface area contributed by atoms with E-state index in [0.717, 1.165) is 29.0 Å². The van der Waals surface area contributed by atoms with Gasteiger partial charge >= 0.3 is 5.97 Å². The minimum atomic E-state index is -0.940. The number of rotatable bonds is 4. The van der Waals surface area contributed by atoms with Gasteiger partial charge in [-0.3, -0.25) is 0 Å². The van der Waals surface area contributed by atoms with Crippen LogP contribution < -0.4 is 21.5 Å². The minimum absolute atomic E-state index is 0. The van der Waals surface area contributed by atoms with Crippen LogP contribution in [0.3, 0.4) is 0 Å². The van der Waals surface area contributed by atoms with E-state index in [9.17, 15) is 9.18 Å². The Hall–Kier alpha value is -2.21. The highest BCUT2D eigenvalue weighted by Gasteiger charge is 2.21. The van der Waals surface area contributed by atoms with Crippen molar-refractivity contribution in [3.8, 4) is 0 Å². The fraction of sp³-hybridized carbons (Fsp3) is 0.222. The fourth-order valence-electron chi connectivity index (χ4n) is 2.97. The van der Waals surface area contributed by atoms with E-state index in [1.807, 2.05) is 6.92 Å². The highest BCUT2D eigenvalue weighted by molar-refractivity contribution is 5.87. The van der Waals surface area contributed by atoms with E-state index < -0.39 is 5.97 Å². The van der Waals surface area contributed by atoms with Gasteiger partial charge < -0.3 is 22.1 Å². The molecule has 24 heavy (non-hydrogen) atoms. The first kappa shape index (κ1) is 18.1. The number of carboxylic acids is 1. The number of imidazole rings is 1. The number of hydrogen-bond donors (Lipinski definition) is 1. The van der Waals surface area contributed by atoms with Crippen LogP contribution in [0.25, 0.3) is 11.0 Å². The molecule has 0 bridgehead atoms. The third-order valence-corrected chi connectivity index (χ3v) is 4.16. The molecule has 0 unspecified atom stereocenters. The molecular formula is C18H18BrFN2O2. The molecule has 0 fully saturated rings. The molecule has 0 radical (unpaired) electrons. The maximum atomic E-state index is 13.7. The molecule has 1 N–H and O–H groups in total. The second-order valence-corrected chi connectivity index (χ2v) is 5.51. The van der Waals surface area contributed by atoms with E-state index in [-0.39, 0.29) is 28.4 Å². The van der Waals surface area contributed by atoms with Gasteiger partial charge in [0.15, 0.2) is 11.0 Å². The van der Waals surface area contributed by atoms with Gasteiger partial charge in [-0.1, -0.05) is 12.1 Å². The first-order valence-electron chi connectivity index (χ1n) is 7.51. The number of halogens is 2. The summed E-state index contributed by atoms with van der Waals surface area (Å²) < 4.78 is 17.8. The molecule has 2 aromatic carbocycles. The lowest BCUT2D eigenvalue weighted by molar-refractivity contribution is -0.674. The third-order valence-electron chi connectivity index (χ3n) is 4.16. The Morgan fingerprint density at radius 3 is 2.46 bits per heavy atom. The van der Waals surface area contributed by atoms with Crippen molar-refractivity contribution in [3.05, 3.63) is 65.2 Å². The summed E-state index contributed by atoms with van der Waals surface area (Å²) in [5.41, 5.74) is 3.07. The van der Waals surface area contributed by atoms with Gasteiger partial charge in [-0.15, -0.1) is 0 Å². The van der Waals surface area contributed by atoms with Gasteiger partial charge in [0.05, 0.1) is 12.1 Å². The normalized spacial score (nSPS) is 10.6. The Balaban J connectivity index is 0.00000208. The predicted octanol–water partition coefficient (Wildman–Crippen LogP) is 0.147. The van der Waals surface area contributed by atoms with E-state index in [1.54, 1.807) is 36.4 Å². The number of aromatic nitrogens is 2. The molecule has 0 amide bonds. The lowest BCUT2D eigenvalue weighted by Crippen LogP contribution is -3.00. The molecule has 6 heteroatoms. The molecule has 126 valence electrons. The van der Waals surface area contributed by atoms with Gasteiger partial charge in [-0.05, 0) is 36.8 Å². The smallest absolute Gasteiger partial charge is 0.335 e. The van der Waals surface area contributed by atoms with Crippen molar-refractivity contribution in [2.45, 2.75) is 26.9 Å². The Morgan fingerprint density at radius 1 is 1.21 bits per heavy atom. The van der Waals surface area contributed by atoms with Crippen LogP contribution in [0, 0.1) is 12.7 Å². The number of nitrogens with zero attached hydrogens (tertiary/aromatic N) is 2. The van der Waals surface area contributed by atoms with Crippen LogP contribution in [0.15, 0.2) is 42.5 Å². The Kier molecular flexibility index (Phi) is 5.39. The van der Waals surface area contributed by atoms with Crippen molar-refractivity contribution in [1.29, 1.82) is 0 Å². The number of hydrogen-bond acceptors (Lipinski definition) is 1. The van der Waals surface area contributed by atoms with Crippen LogP contribution >= 0.6 is 0 Å². The second-order valence-electron chi connectivity index (χ2n) is 5.51. The molecule has 3 aromatic rings. The first-order chi connectivity index (χ1) is 11.0. The van der Waals surface area contributed by atoms with E-state index in [0.29, 0.717) is 6.54 Å². The number of fused-ring (bicyclic) bond motifs is 1. The van der Waals surface area contributed by atoms with Gasteiger partial charge in [0, 0.05) is 13.0 Å². The molecule has 0 aliphatic rings. The standard InChI is InChI=1S/C18H17FN2O2.BrH/c1-3-20-12(2)21(17-10-15(19)8-9-16(17)20)11-13-4-6-14(7-5-13)18(22)23;/h4-10H,3,11H2,1-2H3;1H. The number of aryl methyl sites for hydroxylation is 1. The van der Waals surface area contributed by atoms with Gasteiger partial charge in [0.2, 0.25) is 0 Å². The van der Waals surface area contributed by atoms with Gasteiger partial charge in [0.25, 0.3) is 5.82 Å². The third kappa shape index (κ3) is 3.19. The average Bonchev–Trinajstić information content (AvgIpc) is 2.79. The summed E-state index contributed by atoms with van der Waals surface area (Å²) in [5, 5.41) is 8.97. The van der Waals surface area contributed by atoms with Crippen LogP contribution in [-0.2, 0) is 13.1 Å². The fourth-order valence-corrected chi connectivity index (χ4v) is 2.97. The molecule has 0 aliphatic carbocycles. The van der Waals surface area contributed by atoms with Crippen molar-refractivity contribution in [2.75, 3.05) is 0 Å². The molecular weight excluding hydrogens is 375 g/mol. The molecule has 1 aromatic heterocycles. The van der Waals surface area contributed by atoms with E-state index >= 15 is 0 Å². The summed E-state index contributed by atoms with van der Waals surface area (Å²) in [6.45, 7) is 5.44. The van der Waals surface area contributed by atoms with E-state index in [2.05, 4.69) is 16.1 Å². The SMILES string of the molecule is CC[n+]1c(C)n(Cc2ccc(C(=O)O)cc2)c2cc(F)ccc21.[Br-]. The summed E-state index contributed by atoms with van der Waals surface area (Å²) >= 11 is 0. The van der Waals surface area contributed by atoms with Crippen molar-refractivity contribution < 1.29 is 35.8 Å². The quantitative estimate of drug-likeness (QED) is 0.642. The molecule has 4 nitrogen and oxygen atoms in total. The van der Waals surface area contributed by atoms with E-state index in [4.69, 9.17) is 5.11 Å². The average molecular weight is 393 g/mol. The van der Waals surface area contributed by atoms with Crippen molar-refractivity contribution in [2.24, 2.45) is 0 Å². The van der Waals surface area contributed by atoms with Crippen molar-refractivity contribution in [3.63, 3.8) is 0 Å². The molecule has 0 atom stereocenters. The lowest BCUT2D eigenvalue weighted by Gasteiger charge is -2.02. The van der Waals surface area contributed by atoms with Gasteiger partial charge in [-0.25, -0.2) is 18.3 Å². The molecule has 3 rings (SSSR count). The van der Waals surface area contributed by atoms with Crippen LogP contribution in [0.5, 0.6) is 0 Å². The summed E-state index contributed by atoms with van der Waals surface area (Å²) in [7, 11) is 0. The molecule has 0 saturated heterocycles. The Morgan fingerprint density at radius 2 is 1.88 bits per heavy atom. The molecule has 0 spiro atoms. The van der Waals surface area contributed by atoms with Crippen molar-refractivity contribution >= 4 is 17.0 Å². The predicted molar refractivity (Wildman–Crippen MR) is 85.0 cm³/mol. The van der Waals surface area contributed by atoms with Crippen molar-refractivity contribution in [1.82, 2.24) is 4.57 Å². The molecule has 0 saturated carbocycles. The maximum Gasteiger partial charge on any atom is 0.335 e. The zero-order valence-corrected chi connectivity index (χ0v) is 15.0. The summed E-state index contributed by atoms with van der Waals surface area (Å²) in [6.07, 6.45) is 0. The lowest BCUT2D eigenvalue weighted by atomic mass is 10.1. The topological polar surface area (TPSA) is 46.1 Å². The van der Waals surface area contributed by atoms with Gasteiger partial charge in [0.1, 0.15) is 12.4 Å². The Labute approximate surface area is 149 Å². The largest absolute Gasteiger partial charge is 1.00 e. The van der Waals surface area contributed by atoms with Gasteiger partial charge in [-0.2, -0.15) is 0 Å². The monoisotopic (exact) mass is 392 g/mol. The second kappa shape index (κ2) is 7.13. The zero-order valence-electron chi connectivity index (χ0n) is 13.5. The van der Waals surface area contributed by atoms with Crippen LogP contribution in [-0.4, -0.2) is 15.6 Å². The highest BCUT2D eigenvalue weighted by Crippen LogP contribution is 2.18. The Bertz CT molecular complexity index is 888. The summed E-state index contributed by atoms with van der Waals surface area (Å²) in [4.78, 5) is 10.9. The zero-order chi connectivity index (χ0) is 16.6.